The van der Waals surface area contributed by atoms with Gasteiger partial charge in [-0.1, -0.05) is 24.3 Å². The zero-order valence-corrected chi connectivity index (χ0v) is 36.4. The van der Waals surface area contributed by atoms with Gasteiger partial charge in [-0.2, -0.15) is 5.26 Å². The molecule has 4 bridgehead atoms. The van der Waals surface area contributed by atoms with Crippen molar-refractivity contribution in [3.63, 3.8) is 0 Å². The van der Waals surface area contributed by atoms with Crippen LogP contribution in [0.1, 0.15) is 79.1 Å². The number of phenols is 1. The van der Waals surface area contributed by atoms with Crippen LogP contribution >= 0.6 is 11.8 Å². The van der Waals surface area contributed by atoms with Crippen LogP contribution in [0.25, 0.3) is 0 Å². The van der Waals surface area contributed by atoms with Crippen molar-refractivity contribution < 1.29 is 52.6 Å². The molecule has 7 atom stereocenters. The van der Waals surface area contributed by atoms with E-state index in [0.717, 1.165) is 16.7 Å². The molecule has 0 aliphatic carbocycles. The molecule has 4 aromatic carbocycles. The highest BCUT2D eigenvalue weighted by molar-refractivity contribution is 7.99. The minimum atomic E-state index is -1.44. The molecule has 7 heterocycles. The Labute approximate surface area is 368 Å². The summed E-state index contributed by atoms with van der Waals surface area (Å²) in [6, 6.07) is 13.9. The van der Waals surface area contributed by atoms with Gasteiger partial charge in [-0.15, -0.1) is 11.8 Å². The van der Waals surface area contributed by atoms with Gasteiger partial charge in [-0.3, -0.25) is 19.9 Å². The van der Waals surface area contributed by atoms with Gasteiger partial charge in [0.1, 0.15) is 18.4 Å². The minimum absolute atomic E-state index is 0.0278. The number of carbonyl (C=O) groups excluding carboxylic acids is 3. The number of methoxy groups -OCH3 is 2. The number of esters is 3. The number of carbonyl (C=O) groups is 3. The zero-order valence-electron chi connectivity index (χ0n) is 35.6. The summed E-state index contributed by atoms with van der Waals surface area (Å²) in [5, 5.41) is 26.3. The lowest BCUT2D eigenvalue weighted by Gasteiger charge is -2.62. The van der Waals surface area contributed by atoms with E-state index in [1.807, 2.05) is 33.0 Å². The summed E-state index contributed by atoms with van der Waals surface area (Å²) in [4.78, 5) is 45.7. The van der Waals surface area contributed by atoms with E-state index in [1.165, 1.54) is 32.9 Å². The number of nitrogens with one attached hydrogen (secondary N) is 1. The molecule has 15 nitrogen and oxygen atoms in total. The van der Waals surface area contributed by atoms with Crippen molar-refractivity contribution in [3.8, 4) is 46.3 Å². The van der Waals surface area contributed by atoms with Crippen LogP contribution in [0.3, 0.4) is 0 Å². The van der Waals surface area contributed by atoms with Crippen LogP contribution in [0, 0.1) is 25.2 Å². The molecule has 7 aliphatic heterocycles. The van der Waals surface area contributed by atoms with Crippen LogP contribution in [0.15, 0.2) is 48.5 Å². The maximum absolute atomic E-state index is 15.1. The minimum Gasteiger partial charge on any atom is -0.504 e. The number of nitriles is 1. The second kappa shape index (κ2) is 15.4. The van der Waals surface area contributed by atoms with E-state index in [0.29, 0.717) is 75.8 Å². The number of likely N-dealkylation sites (N-methyl/N-ethyl adjacent to an activating group) is 1. The highest BCUT2D eigenvalue weighted by Crippen LogP contribution is 2.64. The molecule has 7 aliphatic rings. The lowest BCUT2D eigenvalue weighted by molar-refractivity contribution is -0.157. The quantitative estimate of drug-likeness (QED) is 0.190. The van der Waals surface area contributed by atoms with Crippen molar-refractivity contribution in [2.24, 2.45) is 0 Å². The molecule has 0 radical (unpaired) electrons. The molecule has 0 saturated carbocycles. The fraction of sp³-hybridized carbons (Fsp3) is 0.404. The molecule has 2 N–H and O–H groups in total. The number of thioether (sulfide) groups is 1. The van der Waals surface area contributed by atoms with Crippen LogP contribution in [-0.4, -0.2) is 97.9 Å². The lowest BCUT2D eigenvalue weighted by Crippen LogP contribution is -2.69. The third-order valence-corrected chi connectivity index (χ3v) is 15.1. The fourth-order valence-electron chi connectivity index (χ4n) is 11.0. The van der Waals surface area contributed by atoms with E-state index < -0.39 is 52.9 Å². The van der Waals surface area contributed by atoms with E-state index in [4.69, 9.17) is 33.2 Å². The van der Waals surface area contributed by atoms with Crippen LogP contribution in [-0.2, 0) is 32.7 Å². The first-order chi connectivity index (χ1) is 30.4. The van der Waals surface area contributed by atoms with Crippen molar-refractivity contribution in [3.05, 3.63) is 98.6 Å². The van der Waals surface area contributed by atoms with Crippen molar-refractivity contribution in [1.29, 1.82) is 5.26 Å². The Morgan fingerprint density at radius 2 is 1.75 bits per heavy atom. The average molecular weight is 875 g/mol. The zero-order chi connectivity index (χ0) is 44.1. The smallest absolute Gasteiger partial charge is 0.343 e. The summed E-state index contributed by atoms with van der Waals surface area (Å²) in [6.07, 6.45) is 0.979. The van der Waals surface area contributed by atoms with Crippen LogP contribution < -0.4 is 33.7 Å². The van der Waals surface area contributed by atoms with Crippen molar-refractivity contribution in [2.45, 2.75) is 74.6 Å². The summed E-state index contributed by atoms with van der Waals surface area (Å²) < 4.78 is 42.6. The summed E-state index contributed by atoms with van der Waals surface area (Å²) >= 11 is 1.46. The normalized spacial score (nSPS) is 26.6. The average Bonchev–Trinajstić information content (AvgIpc) is 3.77. The van der Waals surface area contributed by atoms with Crippen LogP contribution in [0.5, 0.6) is 40.2 Å². The third kappa shape index (κ3) is 6.07. The van der Waals surface area contributed by atoms with E-state index in [1.54, 1.807) is 36.4 Å². The Kier molecular flexibility index (Phi) is 10.0. The molecule has 63 heavy (non-hydrogen) atoms. The number of aromatic hydroxyl groups is 1. The Morgan fingerprint density at radius 3 is 2.48 bits per heavy atom. The Hall–Kier alpha value is -5.99. The van der Waals surface area contributed by atoms with Gasteiger partial charge in [-0.05, 0) is 80.3 Å². The SMILES string of the molecule is COc1cc2c(cc1OC(=O)c1ccccc1)CCN[C@]21CS[C@@H]2c3c(OC(C)=O)c(C)c4c(c3[C@H](COC1=O)N1[C@@H]2[C@H]2c3c(cc(C)c(OC)c3O)C[C@@H]([C@@H]1C#N)N2C)OCO4. The first-order valence-corrected chi connectivity index (χ1v) is 21.9. The van der Waals surface area contributed by atoms with Gasteiger partial charge in [-0.25, -0.2) is 9.59 Å². The standard InChI is InChI=1S/C47H46N4O11S/c1-22-14-27-15-29-30(18-48)51-31-19-58-46(55)47(28-17-32(56-5)33(16-26(28)12-13-49-47)62-45(54)25-10-8-7-9-11-25)20-63-44(38(51)37(50(29)4)34(27)39(53)40(22)57-6)36-35(31)43-42(59-21-60-43)23(2)41(36)61-24(3)52/h7-11,14,16-17,29-31,37-38,44,49,53H,12-13,15,19-21H2,1-6H3/t29-,30-,31-,37+,38+,44+,47+/m0/s1. The Bertz CT molecular complexity index is 2650. The molecule has 0 aromatic heterocycles. The van der Waals surface area contributed by atoms with Crippen LogP contribution in [0.2, 0.25) is 0 Å². The van der Waals surface area contributed by atoms with Crippen molar-refractivity contribution >= 4 is 29.7 Å². The predicted octanol–water partition coefficient (Wildman–Crippen LogP) is 5.50. The van der Waals surface area contributed by atoms with Gasteiger partial charge in [0.25, 0.3) is 0 Å². The first kappa shape index (κ1) is 41.0. The lowest BCUT2D eigenvalue weighted by atomic mass is 9.71. The van der Waals surface area contributed by atoms with Gasteiger partial charge in [0, 0.05) is 53.6 Å². The molecule has 326 valence electrons. The number of nitrogens with zero attached hydrogens (tertiary/aromatic N) is 3. The molecule has 2 fully saturated rings. The summed E-state index contributed by atoms with van der Waals surface area (Å²) in [7, 11) is 4.99. The largest absolute Gasteiger partial charge is 0.504 e. The number of benzene rings is 4. The molecule has 0 amide bonds. The maximum Gasteiger partial charge on any atom is 0.343 e. The number of ether oxygens (including phenoxy) is 7. The van der Waals surface area contributed by atoms with E-state index in [-0.39, 0.29) is 42.4 Å². The van der Waals surface area contributed by atoms with Crippen molar-refractivity contribution in [1.82, 2.24) is 15.1 Å². The molecule has 2 saturated heterocycles. The highest BCUT2D eigenvalue weighted by Gasteiger charge is 2.62. The Balaban J connectivity index is 1.18. The topological polar surface area (TPSA) is 178 Å². The van der Waals surface area contributed by atoms with E-state index in [2.05, 4.69) is 21.2 Å². The van der Waals surface area contributed by atoms with E-state index >= 15 is 4.79 Å². The molecular weight excluding hydrogens is 829 g/mol. The number of hydrogen-bond acceptors (Lipinski definition) is 16. The number of phenolic OH excluding ortho intramolecular Hbond substituents is 1. The molecule has 1 spiro atoms. The second-order valence-electron chi connectivity index (χ2n) is 16.8. The highest BCUT2D eigenvalue weighted by atomic mass is 32.2. The first-order valence-electron chi connectivity index (χ1n) is 20.9. The molecule has 16 heteroatoms. The monoisotopic (exact) mass is 874 g/mol. The van der Waals surface area contributed by atoms with Gasteiger partial charge in [0.15, 0.2) is 40.0 Å². The van der Waals surface area contributed by atoms with Crippen LogP contribution in [0.4, 0.5) is 0 Å². The van der Waals surface area contributed by atoms with Gasteiger partial charge < -0.3 is 38.3 Å². The number of aryl methyl sites for hydroxylation is 1. The number of piperazine rings is 1. The number of rotatable bonds is 5. The molecular formula is C47H46N4O11S. The van der Waals surface area contributed by atoms with E-state index in [9.17, 15) is 20.0 Å². The molecule has 0 unspecified atom stereocenters. The Morgan fingerprint density at radius 1 is 0.968 bits per heavy atom. The fourth-order valence-corrected chi connectivity index (χ4v) is 12.7. The predicted molar refractivity (Wildman–Crippen MR) is 228 cm³/mol. The van der Waals surface area contributed by atoms with Gasteiger partial charge in [0.05, 0.1) is 43.2 Å². The molecule has 11 rings (SSSR count). The number of fused-ring (bicyclic) bond motifs is 9. The second-order valence-corrected chi connectivity index (χ2v) is 18.0. The summed E-state index contributed by atoms with van der Waals surface area (Å²) in [5.41, 5.74) is 4.56. The van der Waals surface area contributed by atoms with Gasteiger partial charge >= 0.3 is 17.9 Å². The van der Waals surface area contributed by atoms with Gasteiger partial charge in [0.2, 0.25) is 6.79 Å². The third-order valence-electron chi connectivity index (χ3n) is 13.6. The van der Waals surface area contributed by atoms with Crippen molar-refractivity contribution in [2.75, 3.05) is 47.0 Å². The molecule has 4 aromatic rings. The maximum atomic E-state index is 15.1. The summed E-state index contributed by atoms with van der Waals surface area (Å²) in [6.45, 7) is 5.17. The summed E-state index contributed by atoms with van der Waals surface area (Å²) in [5.74, 6) is 0.522. The number of hydrogen-bond donors (Lipinski definition) is 2.